The minimum atomic E-state index is -0.484. The molecule has 0 atom stereocenters. The third-order valence-electron chi connectivity index (χ3n) is 2.55. The molecule has 8 heteroatoms. The number of rotatable bonds is 4. The maximum atomic E-state index is 10.9. The van der Waals surface area contributed by atoms with Crippen LogP contribution in [0.25, 0.3) is 0 Å². The van der Waals surface area contributed by atoms with E-state index in [0.29, 0.717) is 18.2 Å². The lowest BCUT2D eigenvalue weighted by Crippen LogP contribution is -2.06. The van der Waals surface area contributed by atoms with Crippen molar-refractivity contribution in [2.45, 2.75) is 20.4 Å². The highest BCUT2D eigenvalue weighted by Gasteiger charge is 2.23. The zero-order valence-corrected chi connectivity index (χ0v) is 11.1. The number of aromatic nitrogens is 3. The number of anilines is 1. The molecule has 2 aromatic heterocycles. The number of nitro groups is 1. The minimum Gasteiger partial charge on any atom is -0.358 e. The molecule has 0 saturated carbocycles. The fourth-order valence-corrected chi connectivity index (χ4v) is 2.29. The number of aryl methyl sites for hydroxylation is 2. The summed E-state index contributed by atoms with van der Waals surface area (Å²) in [7, 11) is 1.74. The van der Waals surface area contributed by atoms with Crippen LogP contribution in [-0.2, 0) is 13.6 Å². The Kier molecular flexibility index (Phi) is 3.28. The second-order valence-electron chi connectivity index (χ2n) is 3.87. The predicted molar refractivity (Wildman–Crippen MR) is 68.8 cm³/mol. The number of hydrogen-bond donors (Lipinski definition) is 1. The topological polar surface area (TPSA) is 85.9 Å². The maximum Gasteiger partial charge on any atom is 0.406 e. The molecule has 0 unspecified atom stereocenters. The zero-order valence-electron chi connectivity index (χ0n) is 10.3. The van der Waals surface area contributed by atoms with Gasteiger partial charge in [0.15, 0.2) is 0 Å². The van der Waals surface area contributed by atoms with Crippen molar-refractivity contribution < 1.29 is 4.92 Å². The van der Waals surface area contributed by atoms with Crippen LogP contribution in [0.3, 0.4) is 0 Å². The first-order valence-corrected chi connectivity index (χ1v) is 6.13. The predicted octanol–water partition coefficient (Wildman–Crippen LogP) is 2.01. The van der Waals surface area contributed by atoms with Crippen LogP contribution in [0, 0.1) is 24.0 Å². The lowest BCUT2D eigenvalue weighted by atomic mass is 10.5. The molecule has 7 nitrogen and oxygen atoms in total. The molecule has 1 N–H and O–H groups in total. The van der Waals surface area contributed by atoms with Gasteiger partial charge in [-0.2, -0.15) is 0 Å². The van der Waals surface area contributed by atoms with E-state index in [9.17, 15) is 10.1 Å². The Hall–Kier alpha value is -1.96. The SMILES string of the molecule is Cc1cnc(CNc2c([N+](=O)[O-])nc(C)n2C)s1. The highest BCUT2D eigenvalue weighted by Crippen LogP contribution is 2.24. The third kappa shape index (κ3) is 2.33. The molecular formula is C10H13N5O2S. The molecule has 2 heterocycles. The Morgan fingerprint density at radius 3 is 2.83 bits per heavy atom. The zero-order chi connectivity index (χ0) is 13.3. The number of nitrogens with zero attached hydrogens (tertiary/aromatic N) is 4. The van der Waals surface area contributed by atoms with Gasteiger partial charge in [-0.1, -0.05) is 0 Å². The van der Waals surface area contributed by atoms with E-state index < -0.39 is 4.92 Å². The average molecular weight is 267 g/mol. The molecule has 2 aromatic rings. The van der Waals surface area contributed by atoms with E-state index in [1.807, 2.05) is 6.92 Å². The van der Waals surface area contributed by atoms with Crippen molar-refractivity contribution in [2.24, 2.45) is 7.05 Å². The summed E-state index contributed by atoms with van der Waals surface area (Å²) in [5.41, 5.74) is 0. The first-order chi connectivity index (χ1) is 8.49. The molecule has 0 amide bonds. The lowest BCUT2D eigenvalue weighted by Gasteiger charge is -2.04. The quantitative estimate of drug-likeness (QED) is 0.676. The second-order valence-corrected chi connectivity index (χ2v) is 5.18. The van der Waals surface area contributed by atoms with Gasteiger partial charge in [0.1, 0.15) is 5.01 Å². The molecular weight excluding hydrogens is 254 g/mol. The van der Waals surface area contributed by atoms with Crippen molar-refractivity contribution in [3.05, 3.63) is 32.0 Å². The van der Waals surface area contributed by atoms with E-state index >= 15 is 0 Å². The third-order valence-corrected chi connectivity index (χ3v) is 3.46. The molecule has 0 fully saturated rings. The molecule has 0 aliphatic heterocycles. The highest BCUT2D eigenvalue weighted by molar-refractivity contribution is 7.11. The first-order valence-electron chi connectivity index (χ1n) is 5.32. The molecule has 0 radical (unpaired) electrons. The van der Waals surface area contributed by atoms with Crippen LogP contribution in [0.15, 0.2) is 6.20 Å². The fraction of sp³-hybridized carbons (Fsp3) is 0.400. The fourth-order valence-electron chi connectivity index (χ4n) is 1.56. The van der Waals surface area contributed by atoms with Gasteiger partial charge >= 0.3 is 5.82 Å². The van der Waals surface area contributed by atoms with E-state index in [0.717, 1.165) is 9.88 Å². The molecule has 0 aliphatic carbocycles. The molecule has 0 spiro atoms. The van der Waals surface area contributed by atoms with E-state index in [-0.39, 0.29) is 5.82 Å². The Morgan fingerprint density at radius 1 is 1.56 bits per heavy atom. The van der Waals surface area contributed by atoms with E-state index in [4.69, 9.17) is 0 Å². The number of nitrogens with one attached hydrogen (secondary N) is 1. The second kappa shape index (κ2) is 4.73. The average Bonchev–Trinajstić information content (AvgIpc) is 2.83. The Labute approximate surface area is 108 Å². The molecule has 0 bridgehead atoms. The van der Waals surface area contributed by atoms with Gasteiger partial charge in [-0.3, -0.25) is 4.57 Å². The molecule has 18 heavy (non-hydrogen) atoms. The van der Waals surface area contributed by atoms with E-state index in [1.165, 1.54) is 0 Å². The van der Waals surface area contributed by atoms with Crippen molar-refractivity contribution in [2.75, 3.05) is 5.32 Å². The van der Waals surface area contributed by atoms with E-state index in [2.05, 4.69) is 15.3 Å². The standard InChI is InChI=1S/C10H13N5O2S/c1-6-4-11-8(18-6)5-12-9-10(15(16)17)13-7(2)14(9)3/h4,12H,5H2,1-3H3. The first kappa shape index (κ1) is 12.5. The summed E-state index contributed by atoms with van der Waals surface area (Å²) in [6.07, 6.45) is 1.78. The number of hydrogen-bond acceptors (Lipinski definition) is 6. The summed E-state index contributed by atoms with van der Waals surface area (Å²) in [4.78, 5) is 19.6. The van der Waals surface area contributed by atoms with Gasteiger partial charge in [0, 0.05) is 25.0 Å². The molecule has 96 valence electrons. The van der Waals surface area contributed by atoms with Gasteiger partial charge in [-0.05, 0) is 16.8 Å². The monoisotopic (exact) mass is 267 g/mol. The summed E-state index contributed by atoms with van der Waals surface area (Å²) in [5, 5.41) is 14.8. The van der Waals surface area contributed by atoms with Crippen LogP contribution < -0.4 is 5.32 Å². The normalized spacial score (nSPS) is 10.6. The van der Waals surface area contributed by atoms with Crippen molar-refractivity contribution >= 4 is 23.0 Å². The van der Waals surface area contributed by atoms with Crippen LogP contribution >= 0.6 is 11.3 Å². The van der Waals surface area contributed by atoms with Gasteiger partial charge in [0.2, 0.25) is 11.6 Å². The summed E-state index contributed by atoms with van der Waals surface area (Å²) in [6.45, 7) is 4.15. The lowest BCUT2D eigenvalue weighted by molar-refractivity contribution is -0.388. The minimum absolute atomic E-state index is 0.150. The number of thiazole rings is 1. The Bertz CT molecular complexity index is 589. The van der Waals surface area contributed by atoms with Crippen molar-refractivity contribution in [3.8, 4) is 0 Å². The van der Waals surface area contributed by atoms with Crippen molar-refractivity contribution in [3.63, 3.8) is 0 Å². The van der Waals surface area contributed by atoms with Crippen LogP contribution in [0.1, 0.15) is 15.7 Å². The molecule has 0 aliphatic rings. The molecule has 0 saturated heterocycles. The number of imidazole rings is 1. The van der Waals surface area contributed by atoms with Gasteiger partial charge in [-0.15, -0.1) is 11.3 Å². The maximum absolute atomic E-state index is 10.9. The van der Waals surface area contributed by atoms with Gasteiger partial charge in [0.25, 0.3) is 0 Å². The summed E-state index contributed by atoms with van der Waals surface area (Å²) >= 11 is 1.56. The van der Waals surface area contributed by atoms with Crippen LogP contribution in [0.4, 0.5) is 11.6 Å². The van der Waals surface area contributed by atoms with Crippen LogP contribution in [0.5, 0.6) is 0 Å². The molecule has 0 aromatic carbocycles. The summed E-state index contributed by atoms with van der Waals surface area (Å²) in [5.74, 6) is 0.855. The Morgan fingerprint density at radius 2 is 2.28 bits per heavy atom. The van der Waals surface area contributed by atoms with Gasteiger partial charge in [0.05, 0.1) is 6.54 Å². The van der Waals surface area contributed by atoms with E-state index in [1.54, 1.807) is 36.1 Å². The highest BCUT2D eigenvalue weighted by atomic mass is 32.1. The summed E-state index contributed by atoms with van der Waals surface area (Å²) < 4.78 is 1.67. The van der Waals surface area contributed by atoms with Crippen LogP contribution in [0.2, 0.25) is 0 Å². The molecule has 2 rings (SSSR count). The van der Waals surface area contributed by atoms with Crippen molar-refractivity contribution in [1.29, 1.82) is 0 Å². The van der Waals surface area contributed by atoms with Gasteiger partial charge in [-0.25, -0.2) is 4.98 Å². The largest absolute Gasteiger partial charge is 0.406 e. The van der Waals surface area contributed by atoms with Crippen molar-refractivity contribution in [1.82, 2.24) is 14.5 Å². The van der Waals surface area contributed by atoms with Gasteiger partial charge < -0.3 is 15.4 Å². The Balaban J connectivity index is 2.20. The smallest absolute Gasteiger partial charge is 0.358 e. The van der Waals surface area contributed by atoms with Crippen LogP contribution in [-0.4, -0.2) is 19.5 Å². The summed E-state index contributed by atoms with van der Waals surface area (Å²) in [6, 6.07) is 0.